The van der Waals surface area contributed by atoms with Crippen molar-refractivity contribution >= 4 is 6.41 Å². The number of carbonyl (C=O) groups excluding carboxylic acids is 1. The number of hydrogen-bond donors (Lipinski definition) is 0. The van der Waals surface area contributed by atoms with Gasteiger partial charge in [0.15, 0.2) is 5.72 Å². The third-order valence-corrected chi connectivity index (χ3v) is 4.77. The van der Waals surface area contributed by atoms with Gasteiger partial charge in [0.25, 0.3) is 0 Å². The summed E-state index contributed by atoms with van der Waals surface area (Å²) in [4.78, 5) is 12.3. The Morgan fingerprint density at radius 1 is 1.24 bits per heavy atom. The van der Waals surface area contributed by atoms with E-state index in [-0.39, 0.29) is 6.42 Å². The highest BCUT2D eigenvalue weighted by Crippen LogP contribution is 2.61. The number of alkyl halides is 3. The quantitative estimate of drug-likeness (QED) is 0.800. The summed E-state index contributed by atoms with van der Waals surface area (Å²) in [5.41, 5.74) is -1.41. The first-order valence-corrected chi connectivity index (χ1v) is 6.94. The van der Waals surface area contributed by atoms with Crippen molar-refractivity contribution in [2.24, 2.45) is 5.41 Å². The molecule has 1 unspecified atom stereocenters. The third-order valence-electron chi connectivity index (χ3n) is 4.77. The zero-order valence-electron chi connectivity index (χ0n) is 11.4. The molecule has 1 spiro atoms. The summed E-state index contributed by atoms with van der Waals surface area (Å²) >= 11 is 0. The van der Waals surface area contributed by atoms with Gasteiger partial charge in [-0.05, 0) is 18.4 Å². The average Bonchev–Trinajstić information content (AvgIpc) is 2.35. The molecule has 3 rings (SSSR count). The molecule has 3 nitrogen and oxygen atoms in total. The second-order valence-corrected chi connectivity index (χ2v) is 5.86. The molecular weight excluding hydrogens is 283 g/mol. The van der Waals surface area contributed by atoms with Gasteiger partial charge >= 0.3 is 6.36 Å². The molecule has 6 heteroatoms. The lowest BCUT2D eigenvalue weighted by molar-refractivity contribution is -0.444. The first-order chi connectivity index (χ1) is 9.91. The van der Waals surface area contributed by atoms with E-state index in [1.165, 1.54) is 0 Å². The molecule has 1 aliphatic heterocycles. The molecule has 1 aromatic rings. The Morgan fingerprint density at radius 3 is 2.38 bits per heavy atom. The normalized spacial score (nSPS) is 27.1. The molecule has 0 bridgehead atoms. The van der Waals surface area contributed by atoms with E-state index in [4.69, 9.17) is 0 Å². The van der Waals surface area contributed by atoms with Gasteiger partial charge in [-0.3, -0.25) is 9.53 Å². The molecule has 1 saturated heterocycles. The number of carbonyl (C=O) groups is 1. The standard InChI is InChI=1S/C15H16F3NO2/c16-15(17,18)21-14(9-12-5-2-1-3-6-12)13(7-4-8-13)10-19(14)11-20/h1-3,5-6,11H,4,7-10H2. The monoisotopic (exact) mass is 299 g/mol. The van der Waals surface area contributed by atoms with E-state index in [1.54, 1.807) is 30.3 Å². The largest absolute Gasteiger partial charge is 0.524 e. The Balaban J connectivity index is 1.96. The highest BCUT2D eigenvalue weighted by Gasteiger charge is 2.70. The van der Waals surface area contributed by atoms with Crippen LogP contribution in [0.15, 0.2) is 30.3 Å². The van der Waals surface area contributed by atoms with Gasteiger partial charge in [-0.25, -0.2) is 0 Å². The maximum absolute atomic E-state index is 12.9. The molecule has 0 radical (unpaired) electrons. The van der Waals surface area contributed by atoms with E-state index in [1.807, 2.05) is 0 Å². The topological polar surface area (TPSA) is 29.5 Å². The molecule has 114 valence electrons. The van der Waals surface area contributed by atoms with E-state index in [9.17, 15) is 18.0 Å². The lowest BCUT2D eigenvalue weighted by Crippen LogP contribution is -2.79. The number of rotatable bonds is 4. The number of hydrogen-bond acceptors (Lipinski definition) is 2. The fourth-order valence-corrected chi connectivity index (χ4v) is 3.62. The van der Waals surface area contributed by atoms with Gasteiger partial charge in [0.05, 0.1) is 0 Å². The molecule has 21 heavy (non-hydrogen) atoms. The van der Waals surface area contributed by atoms with Crippen molar-refractivity contribution < 1.29 is 22.7 Å². The molecule has 1 heterocycles. The summed E-state index contributed by atoms with van der Waals surface area (Å²) < 4.78 is 43.3. The Morgan fingerprint density at radius 2 is 1.90 bits per heavy atom. The lowest BCUT2D eigenvalue weighted by Gasteiger charge is -2.68. The summed E-state index contributed by atoms with van der Waals surface area (Å²) in [6.07, 6.45) is -2.02. The van der Waals surface area contributed by atoms with Crippen LogP contribution in [0.4, 0.5) is 13.2 Å². The number of amides is 1. The summed E-state index contributed by atoms with van der Waals surface area (Å²) in [6.45, 7) is 0.347. The highest BCUT2D eigenvalue weighted by atomic mass is 19.4. The first-order valence-electron chi connectivity index (χ1n) is 6.94. The van der Waals surface area contributed by atoms with Crippen molar-refractivity contribution in [1.29, 1.82) is 0 Å². The molecule has 1 atom stereocenters. The van der Waals surface area contributed by atoms with Crippen LogP contribution in [0.1, 0.15) is 24.8 Å². The van der Waals surface area contributed by atoms with Gasteiger partial charge in [0.2, 0.25) is 6.41 Å². The molecule has 1 amide bonds. The van der Waals surface area contributed by atoms with E-state index < -0.39 is 17.5 Å². The van der Waals surface area contributed by atoms with Crippen LogP contribution in [0.25, 0.3) is 0 Å². The third kappa shape index (κ3) is 2.21. The van der Waals surface area contributed by atoms with Gasteiger partial charge in [-0.15, -0.1) is 13.2 Å². The number of likely N-dealkylation sites (tertiary alicyclic amines) is 1. The Bertz CT molecular complexity index is 527. The zero-order valence-corrected chi connectivity index (χ0v) is 11.4. The molecule has 2 aliphatic rings. The Labute approximate surface area is 120 Å². The average molecular weight is 299 g/mol. The van der Waals surface area contributed by atoms with Gasteiger partial charge < -0.3 is 4.90 Å². The summed E-state index contributed by atoms with van der Waals surface area (Å²) in [5.74, 6) is 0. The van der Waals surface area contributed by atoms with Crippen molar-refractivity contribution in [3.8, 4) is 0 Å². The van der Waals surface area contributed by atoms with E-state index >= 15 is 0 Å². The van der Waals surface area contributed by atoms with Gasteiger partial charge in [-0.1, -0.05) is 36.8 Å². The van der Waals surface area contributed by atoms with Crippen LogP contribution in [0.2, 0.25) is 0 Å². The molecule has 0 N–H and O–H groups in total. The molecule has 1 saturated carbocycles. The minimum atomic E-state index is -4.76. The van der Waals surface area contributed by atoms with E-state index in [2.05, 4.69) is 4.74 Å². The number of benzene rings is 1. The van der Waals surface area contributed by atoms with Crippen LogP contribution in [-0.4, -0.2) is 29.9 Å². The Kier molecular flexibility index (Phi) is 3.24. The van der Waals surface area contributed by atoms with Gasteiger partial charge in [0.1, 0.15) is 0 Å². The van der Waals surface area contributed by atoms with Crippen LogP contribution in [0.5, 0.6) is 0 Å². The van der Waals surface area contributed by atoms with Gasteiger partial charge in [0, 0.05) is 18.4 Å². The first kappa shape index (κ1) is 14.4. The van der Waals surface area contributed by atoms with Gasteiger partial charge in [-0.2, -0.15) is 0 Å². The minimum Gasteiger partial charge on any atom is -0.315 e. The maximum Gasteiger partial charge on any atom is 0.524 e. The Hall–Kier alpha value is -1.56. The second-order valence-electron chi connectivity index (χ2n) is 5.86. The predicted octanol–water partition coefficient (Wildman–Crippen LogP) is 3.10. The fraction of sp³-hybridized carbons (Fsp3) is 0.533. The van der Waals surface area contributed by atoms with Crippen LogP contribution in [0.3, 0.4) is 0 Å². The number of ether oxygens (including phenoxy) is 1. The van der Waals surface area contributed by atoms with Crippen molar-refractivity contribution in [2.75, 3.05) is 6.54 Å². The molecule has 2 fully saturated rings. The van der Waals surface area contributed by atoms with Crippen molar-refractivity contribution in [2.45, 2.75) is 37.8 Å². The summed E-state index contributed by atoms with van der Waals surface area (Å²) in [7, 11) is 0. The molecule has 1 aromatic carbocycles. The molecule has 0 aromatic heterocycles. The second kappa shape index (κ2) is 4.73. The molecule has 1 aliphatic carbocycles. The van der Waals surface area contributed by atoms with Crippen molar-refractivity contribution in [1.82, 2.24) is 4.90 Å². The fourth-order valence-electron chi connectivity index (χ4n) is 3.62. The highest BCUT2D eigenvalue weighted by molar-refractivity contribution is 5.53. The molecular formula is C15H16F3NO2. The van der Waals surface area contributed by atoms with Crippen LogP contribution < -0.4 is 0 Å². The van der Waals surface area contributed by atoms with E-state index in [0.29, 0.717) is 25.8 Å². The number of halogens is 3. The minimum absolute atomic E-state index is 0.0616. The SMILES string of the molecule is O=CN1CC2(CCC2)C1(Cc1ccccc1)OC(F)(F)F. The summed E-state index contributed by atoms with van der Waals surface area (Å²) in [5, 5.41) is 0. The number of nitrogens with zero attached hydrogens (tertiary/aromatic N) is 1. The van der Waals surface area contributed by atoms with E-state index in [0.717, 1.165) is 16.9 Å². The summed E-state index contributed by atoms with van der Waals surface area (Å²) in [6, 6.07) is 8.87. The maximum atomic E-state index is 12.9. The zero-order chi connectivity index (χ0) is 15.1. The van der Waals surface area contributed by atoms with Crippen LogP contribution in [0, 0.1) is 5.41 Å². The van der Waals surface area contributed by atoms with Crippen molar-refractivity contribution in [3.63, 3.8) is 0 Å². The lowest BCUT2D eigenvalue weighted by atomic mass is 9.54. The van der Waals surface area contributed by atoms with Crippen LogP contribution in [-0.2, 0) is 16.0 Å². The van der Waals surface area contributed by atoms with Crippen molar-refractivity contribution in [3.05, 3.63) is 35.9 Å². The van der Waals surface area contributed by atoms with Crippen LogP contribution >= 0.6 is 0 Å². The smallest absolute Gasteiger partial charge is 0.315 e. The predicted molar refractivity (Wildman–Crippen MR) is 69.1 cm³/mol.